The summed E-state index contributed by atoms with van der Waals surface area (Å²) in [4.78, 5) is 0. The van der Waals surface area contributed by atoms with Crippen LogP contribution in [0.25, 0.3) is 0 Å². The van der Waals surface area contributed by atoms with Gasteiger partial charge < -0.3 is 0 Å². The van der Waals surface area contributed by atoms with Crippen molar-refractivity contribution in [2.75, 3.05) is 0 Å². The van der Waals surface area contributed by atoms with Crippen molar-refractivity contribution in [3.63, 3.8) is 0 Å². The van der Waals surface area contributed by atoms with Gasteiger partial charge in [-0.3, -0.25) is 0 Å². The molecule has 0 aromatic carbocycles. The third kappa shape index (κ3) is 1.02. The van der Waals surface area contributed by atoms with Crippen LogP contribution in [0.5, 0.6) is 0 Å². The zero-order valence-corrected chi connectivity index (χ0v) is 4.81. The molecule has 0 saturated carbocycles. The molecular weight excluding hydrogens is 82.9 g/mol. The van der Waals surface area contributed by atoms with Gasteiger partial charge in [-0.05, 0) is 0 Å². The molecule has 0 fully saturated rings. The van der Waals surface area contributed by atoms with Gasteiger partial charge in [-0.25, -0.2) is 0 Å². The van der Waals surface area contributed by atoms with E-state index < -0.39 is 0 Å². The predicted octanol–water partition coefficient (Wildman–Crippen LogP) is 1.05. The fraction of sp³-hybridized carbons (Fsp3) is 0.500. The molecule has 7 heavy (non-hydrogen) atoms. The van der Waals surface area contributed by atoms with Crippen LogP contribution in [0, 0.1) is 5.92 Å². The Morgan fingerprint density at radius 1 is 1.71 bits per heavy atom. The van der Waals surface area contributed by atoms with Crippen LogP contribution in [0.2, 0.25) is 0 Å². The second kappa shape index (κ2) is 1.65. The van der Waals surface area contributed by atoms with Crippen LogP contribution in [0.4, 0.5) is 0 Å². The monoisotopic (exact) mass is 92.1 g/mol. The molecule has 0 nitrogen and oxygen atoms in total. The van der Waals surface area contributed by atoms with Gasteiger partial charge in [0.2, 0.25) is 0 Å². The van der Waals surface area contributed by atoms with Crippen LogP contribution >= 0.6 is 0 Å². The van der Waals surface area contributed by atoms with Gasteiger partial charge >= 0.3 is 44.2 Å². The van der Waals surface area contributed by atoms with Gasteiger partial charge in [0, 0.05) is 0 Å². The fourth-order valence-corrected chi connectivity index (χ4v) is 0.829. The van der Waals surface area contributed by atoms with Gasteiger partial charge in [-0.2, -0.15) is 0 Å². The molecule has 0 aromatic rings. The van der Waals surface area contributed by atoms with E-state index in [-0.39, 0.29) is 0 Å². The second-order valence-electron chi connectivity index (χ2n) is 2.13. The maximum atomic E-state index is 2.25. The summed E-state index contributed by atoms with van der Waals surface area (Å²) >= 11 is 0. The van der Waals surface area contributed by atoms with Gasteiger partial charge in [0.15, 0.2) is 0 Å². The topological polar surface area (TPSA) is 0 Å². The molecule has 1 unspecified atom stereocenters. The van der Waals surface area contributed by atoms with Gasteiger partial charge in [-0.1, -0.05) is 0 Å². The van der Waals surface area contributed by atoms with E-state index in [1.807, 2.05) is 0 Å². The van der Waals surface area contributed by atoms with E-state index in [1.165, 1.54) is 5.47 Å². The second-order valence-corrected chi connectivity index (χ2v) is 2.13. The number of allylic oxidation sites excluding steroid dienone is 2. The molecule has 0 aliphatic carbocycles. The zero-order chi connectivity index (χ0) is 5.28. The first-order chi connectivity index (χ1) is 3.29. The SMILES string of the molecule is CC1=CC(C)C=B1. The molecule has 0 N–H and O–H groups in total. The van der Waals surface area contributed by atoms with Crippen molar-refractivity contribution in [3.8, 4) is 0 Å². The van der Waals surface area contributed by atoms with E-state index in [0.29, 0.717) is 5.92 Å². The van der Waals surface area contributed by atoms with Crippen molar-refractivity contribution in [2.24, 2.45) is 5.92 Å². The predicted molar refractivity (Wildman–Crippen MR) is 34.7 cm³/mol. The molecule has 0 radical (unpaired) electrons. The average molecular weight is 92.0 g/mol. The quantitative estimate of drug-likeness (QED) is 0.391. The van der Waals surface area contributed by atoms with Crippen molar-refractivity contribution in [2.45, 2.75) is 13.8 Å². The Labute approximate surface area is 45.1 Å². The number of hydrogen-bond donors (Lipinski definition) is 0. The molecule has 0 bridgehead atoms. The van der Waals surface area contributed by atoms with E-state index in [9.17, 15) is 0 Å². The van der Waals surface area contributed by atoms with E-state index in [2.05, 4.69) is 32.8 Å². The van der Waals surface area contributed by atoms with E-state index >= 15 is 0 Å². The van der Waals surface area contributed by atoms with Gasteiger partial charge in [0.25, 0.3) is 0 Å². The Bertz CT molecular complexity index is 122. The molecule has 1 heteroatoms. The summed E-state index contributed by atoms with van der Waals surface area (Å²) in [5.74, 6) is 2.88. The first-order valence-electron chi connectivity index (χ1n) is 2.65. The summed E-state index contributed by atoms with van der Waals surface area (Å²) < 4.78 is 0. The molecular formula is C6H9B. The van der Waals surface area contributed by atoms with Crippen molar-refractivity contribution in [3.05, 3.63) is 11.5 Å². The van der Waals surface area contributed by atoms with E-state index in [4.69, 9.17) is 0 Å². The normalized spacial score (nSPS) is 27.1. The molecule has 1 atom stereocenters. The van der Waals surface area contributed by atoms with Crippen LogP contribution in [-0.2, 0) is 0 Å². The van der Waals surface area contributed by atoms with Crippen LogP contribution < -0.4 is 0 Å². The Kier molecular flexibility index (Phi) is 1.14. The summed E-state index contributed by atoms with van der Waals surface area (Å²) in [5, 5.41) is 0. The molecule has 0 saturated heterocycles. The minimum atomic E-state index is 0.681. The van der Waals surface area contributed by atoms with Gasteiger partial charge in [0.1, 0.15) is 0 Å². The summed E-state index contributed by atoms with van der Waals surface area (Å²) in [6.45, 7) is 6.47. The summed E-state index contributed by atoms with van der Waals surface area (Å²) in [5.41, 5.74) is 1.40. The van der Waals surface area contributed by atoms with Crippen molar-refractivity contribution < 1.29 is 0 Å². The Balaban J connectivity index is 2.69. The summed E-state index contributed by atoms with van der Waals surface area (Å²) in [7, 11) is 0. The van der Waals surface area contributed by atoms with Crippen molar-refractivity contribution >= 4 is 12.9 Å². The van der Waals surface area contributed by atoms with Crippen LogP contribution in [-0.4, -0.2) is 12.9 Å². The van der Waals surface area contributed by atoms with Crippen molar-refractivity contribution in [1.82, 2.24) is 0 Å². The third-order valence-electron chi connectivity index (χ3n) is 1.19. The fourth-order valence-electron chi connectivity index (χ4n) is 0.829. The molecule has 1 heterocycles. The van der Waals surface area contributed by atoms with E-state index in [1.54, 1.807) is 0 Å². The molecule has 1 rings (SSSR count). The summed E-state index contributed by atoms with van der Waals surface area (Å²) in [6.07, 6.45) is 2.25. The van der Waals surface area contributed by atoms with Crippen LogP contribution in [0.3, 0.4) is 0 Å². The maximum absolute atomic E-state index is 2.25. The Morgan fingerprint density at radius 3 is 2.57 bits per heavy atom. The molecule has 1 aliphatic rings. The third-order valence-corrected chi connectivity index (χ3v) is 1.19. The van der Waals surface area contributed by atoms with Crippen LogP contribution in [0.15, 0.2) is 11.5 Å². The zero-order valence-electron chi connectivity index (χ0n) is 4.81. The summed E-state index contributed by atoms with van der Waals surface area (Å²) in [6, 6.07) is 0. The standard InChI is InChI=1S/C6H9B/c1-5-3-6(2)7-4-5/h3-5H,1-2H3. The van der Waals surface area contributed by atoms with Crippen molar-refractivity contribution in [1.29, 1.82) is 0 Å². The first kappa shape index (κ1) is 4.82. The molecule has 0 amide bonds. The van der Waals surface area contributed by atoms with E-state index in [0.717, 1.165) is 0 Å². The first-order valence-corrected chi connectivity index (χ1v) is 2.65. The Morgan fingerprint density at radius 2 is 2.43 bits per heavy atom. The molecule has 1 aliphatic heterocycles. The van der Waals surface area contributed by atoms with Gasteiger partial charge in [-0.15, -0.1) is 0 Å². The van der Waals surface area contributed by atoms with Gasteiger partial charge in [0.05, 0.1) is 0 Å². The number of hydrogen-bond acceptors (Lipinski definition) is 0. The number of rotatable bonds is 0. The molecule has 0 spiro atoms. The minimum absolute atomic E-state index is 0.681. The molecule has 36 valence electrons. The molecule has 0 aromatic heterocycles. The Hall–Kier alpha value is -0.325. The average Bonchev–Trinajstić information content (AvgIpc) is 1.87. The van der Waals surface area contributed by atoms with Crippen LogP contribution in [0.1, 0.15) is 13.8 Å².